The zero-order chi connectivity index (χ0) is 14.5. The summed E-state index contributed by atoms with van der Waals surface area (Å²) >= 11 is 0. The Balaban J connectivity index is 2.81. The number of benzene rings is 1. The molecule has 1 unspecified atom stereocenters. The van der Waals surface area contributed by atoms with E-state index in [2.05, 4.69) is 6.07 Å². The van der Waals surface area contributed by atoms with Crippen LogP contribution < -0.4 is 0 Å². The first kappa shape index (κ1) is 15.2. The smallest absolute Gasteiger partial charge is 0.240 e. The van der Waals surface area contributed by atoms with Gasteiger partial charge < -0.3 is 4.90 Å². The third-order valence-corrected chi connectivity index (χ3v) is 3.84. The van der Waals surface area contributed by atoms with Gasteiger partial charge in [-0.05, 0) is 32.3 Å². The second-order valence-corrected chi connectivity index (χ2v) is 5.43. The summed E-state index contributed by atoms with van der Waals surface area (Å²) in [5.74, 6) is -0.712. The van der Waals surface area contributed by atoms with Crippen LogP contribution in [0, 0.1) is 17.2 Å². The normalized spacial score (nSPS) is 12.6. The Morgan fingerprint density at radius 2 is 1.95 bits per heavy atom. The van der Waals surface area contributed by atoms with E-state index in [0.29, 0.717) is 6.42 Å². The van der Waals surface area contributed by atoms with Crippen molar-refractivity contribution in [3.63, 3.8) is 0 Å². The van der Waals surface area contributed by atoms with E-state index in [1.807, 2.05) is 51.1 Å². The van der Waals surface area contributed by atoms with Gasteiger partial charge in [-0.2, -0.15) is 5.26 Å². The molecular formula is C16H22N2O. The van der Waals surface area contributed by atoms with Crippen LogP contribution in [0.15, 0.2) is 30.3 Å². The van der Waals surface area contributed by atoms with Crippen LogP contribution in [0.5, 0.6) is 0 Å². The van der Waals surface area contributed by atoms with Gasteiger partial charge in [0.05, 0.1) is 6.07 Å². The van der Waals surface area contributed by atoms with E-state index in [1.54, 1.807) is 11.9 Å². The van der Waals surface area contributed by atoms with Gasteiger partial charge in [0, 0.05) is 12.6 Å². The van der Waals surface area contributed by atoms with E-state index < -0.39 is 5.92 Å². The van der Waals surface area contributed by atoms with E-state index in [9.17, 15) is 10.1 Å². The van der Waals surface area contributed by atoms with Crippen LogP contribution in [-0.2, 0) is 11.2 Å². The number of rotatable bonds is 5. The van der Waals surface area contributed by atoms with Gasteiger partial charge in [-0.1, -0.05) is 37.3 Å². The summed E-state index contributed by atoms with van der Waals surface area (Å²) in [7, 11) is 1.78. The average molecular weight is 258 g/mol. The Kier molecular flexibility index (Phi) is 5.11. The van der Waals surface area contributed by atoms with E-state index in [4.69, 9.17) is 0 Å². The van der Waals surface area contributed by atoms with E-state index in [-0.39, 0.29) is 11.4 Å². The van der Waals surface area contributed by atoms with E-state index in [1.165, 1.54) is 0 Å². The highest BCUT2D eigenvalue weighted by Gasteiger charge is 2.30. The second kappa shape index (κ2) is 6.38. The summed E-state index contributed by atoms with van der Waals surface area (Å²) < 4.78 is 0. The largest absolute Gasteiger partial charge is 0.340 e. The van der Waals surface area contributed by atoms with Crippen molar-refractivity contribution in [1.82, 2.24) is 4.90 Å². The molecule has 0 bridgehead atoms. The SMILES string of the molecule is CCC(C)(C)N(C)C(=O)C(C#N)Cc1ccccc1. The number of carbonyl (C=O) groups is 1. The Bertz CT molecular complexity index is 459. The van der Waals surface area contributed by atoms with Crippen LogP contribution >= 0.6 is 0 Å². The quantitative estimate of drug-likeness (QED) is 0.815. The predicted octanol–water partition coefficient (Wildman–Crippen LogP) is 3.02. The molecule has 0 N–H and O–H groups in total. The Hall–Kier alpha value is -1.82. The Morgan fingerprint density at radius 3 is 2.42 bits per heavy atom. The average Bonchev–Trinajstić information content (AvgIpc) is 2.44. The minimum Gasteiger partial charge on any atom is -0.340 e. The highest BCUT2D eigenvalue weighted by atomic mass is 16.2. The highest BCUT2D eigenvalue weighted by Crippen LogP contribution is 2.20. The molecule has 0 spiro atoms. The zero-order valence-electron chi connectivity index (χ0n) is 12.2. The standard InChI is InChI=1S/C16H22N2O/c1-5-16(2,3)18(4)15(19)14(12-17)11-13-9-7-6-8-10-13/h6-10,14H,5,11H2,1-4H3. The molecule has 1 amide bonds. The summed E-state index contributed by atoms with van der Waals surface area (Å²) in [4.78, 5) is 14.1. The zero-order valence-corrected chi connectivity index (χ0v) is 12.2. The minimum atomic E-state index is -0.613. The van der Waals surface area contributed by atoms with Crippen LogP contribution in [0.25, 0.3) is 0 Å². The molecule has 1 rings (SSSR count). The van der Waals surface area contributed by atoms with Crippen LogP contribution in [0.3, 0.4) is 0 Å². The molecule has 0 saturated carbocycles. The molecule has 1 aromatic rings. The van der Waals surface area contributed by atoms with Gasteiger partial charge >= 0.3 is 0 Å². The van der Waals surface area contributed by atoms with E-state index in [0.717, 1.165) is 12.0 Å². The third-order valence-electron chi connectivity index (χ3n) is 3.84. The number of nitrogens with zero attached hydrogens (tertiary/aromatic N) is 2. The molecular weight excluding hydrogens is 236 g/mol. The Labute approximate surface area is 115 Å². The Morgan fingerprint density at radius 1 is 1.37 bits per heavy atom. The van der Waals surface area contributed by atoms with Gasteiger partial charge in [0.2, 0.25) is 5.91 Å². The topological polar surface area (TPSA) is 44.1 Å². The van der Waals surface area contributed by atoms with Crippen molar-refractivity contribution < 1.29 is 4.79 Å². The molecule has 3 heteroatoms. The summed E-state index contributed by atoms with van der Waals surface area (Å²) in [5, 5.41) is 9.25. The fourth-order valence-corrected chi connectivity index (χ4v) is 1.81. The van der Waals surface area contributed by atoms with Gasteiger partial charge in [-0.25, -0.2) is 0 Å². The molecule has 0 aliphatic carbocycles. The van der Waals surface area contributed by atoms with Crippen LogP contribution in [-0.4, -0.2) is 23.4 Å². The fourth-order valence-electron chi connectivity index (χ4n) is 1.81. The van der Waals surface area contributed by atoms with Gasteiger partial charge in [-0.3, -0.25) is 4.79 Å². The summed E-state index contributed by atoms with van der Waals surface area (Å²) in [5.41, 5.74) is 0.799. The predicted molar refractivity (Wildman–Crippen MR) is 76.4 cm³/mol. The number of carbonyl (C=O) groups excluding carboxylic acids is 1. The maximum absolute atomic E-state index is 12.4. The van der Waals surface area contributed by atoms with E-state index >= 15 is 0 Å². The first-order chi connectivity index (χ1) is 8.92. The molecule has 0 fully saturated rings. The lowest BCUT2D eigenvalue weighted by Crippen LogP contribution is -2.47. The minimum absolute atomic E-state index is 0.0989. The molecule has 0 radical (unpaired) electrons. The molecule has 19 heavy (non-hydrogen) atoms. The highest BCUT2D eigenvalue weighted by molar-refractivity contribution is 5.82. The molecule has 0 aliphatic rings. The van der Waals surface area contributed by atoms with Crippen molar-refractivity contribution in [2.45, 2.75) is 39.2 Å². The van der Waals surface area contributed by atoms with Crippen molar-refractivity contribution in [2.24, 2.45) is 5.92 Å². The molecule has 0 saturated heterocycles. The molecule has 1 aromatic carbocycles. The van der Waals surface area contributed by atoms with Crippen molar-refractivity contribution in [3.05, 3.63) is 35.9 Å². The molecule has 0 aromatic heterocycles. The van der Waals surface area contributed by atoms with Crippen molar-refractivity contribution in [3.8, 4) is 6.07 Å². The van der Waals surface area contributed by atoms with Crippen LogP contribution in [0.4, 0.5) is 0 Å². The van der Waals surface area contributed by atoms with Crippen LogP contribution in [0.1, 0.15) is 32.8 Å². The number of hydrogen-bond donors (Lipinski definition) is 0. The number of nitriles is 1. The molecule has 0 aliphatic heterocycles. The monoisotopic (exact) mass is 258 g/mol. The number of amides is 1. The third kappa shape index (κ3) is 3.82. The van der Waals surface area contributed by atoms with Gasteiger partial charge in [0.1, 0.15) is 5.92 Å². The van der Waals surface area contributed by atoms with Crippen LogP contribution in [0.2, 0.25) is 0 Å². The van der Waals surface area contributed by atoms with Gasteiger partial charge in [0.15, 0.2) is 0 Å². The lowest BCUT2D eigenvalue weighted by Gasteiger charge is -2.36. The first-order valence-corrected chi connectivity index (χ1v) is 6.63. The maximum atomic E-state index is 12.4. The lowest BCUT2D eigenvalue weighted by atomic mass is 9.94. The molecule has 3 nitrogen and oxygen atoms in total. The maximum Gasteiger partial charge on any atom is 0.240 e. The number of hydrogen-bond acceptors (Lipinski definition) is 2. The summed E-state index contributed by atoms with van der Waals surface area (Å²) in [6, 6.07) is 11.8. The van der Waals surface area contributed by atoms with Gasteiger partial charge in [-0.15, -0.1) is 0 Å². The molecule has 102 valence electrons. The fraction of sp³-hybridized carbons (Fsp3) is 0.500. The summed E-state index contributed by atoms with van der Waals surface area (Å²) in [6.45, 7) is 6.08. The van der Waals surface area contributed by atoms with Crippen molar-refractivity contribution in [1.29, 1.82) is 5.26 Å². The second-order valence-electron chi connectivity index (χ2n) is 5.43. The summed E-state index contributed by atoms with van der Waals surface area (Å²) in [6.07, 6.45) is 1.33. The lowest BCUT2D eigenvalue weighted by molar-refractivity contribution is -0.137. The van der Waals surface area contributed by atoms with Crippen molar-refractivity contribution >= 4 is 5.91 Å². The van der Waals surface area contributed by atoms with Crippen molar-refractivity contribution in [2.75, 3.05) is 7.05 Å². The first-order valence-electron chi connectivity index (χ1n) is 6.63. The van der Waals surface area contributed by atoms with Gasteiger partial charge in [0.25, 0.3) is 0 Å². The molecule has 0 heterocycles. The molecule has 1 atom stereocenters.